The third-order valence-corrected chi connectivity index (χ3v) is 4.33. The molecule has 0 amide bonds. The number of carbonyl (C=O) groups excluding carboxylic acids is 1. The van der Waals surface area contributed by atoms with Crippen molar-refractivity contribution >= 4 is 29.1 Å². The molecule has 104 valence electrons. The van der Waals surface area contributed by atoms with E-state index >= 15 is 0 Å². The molecular formula is C15H11ClF2OS. The molecule has 0 saturated heterocycles. The molecule has 0 bridgehead atoms. The van der Waals surface area contributed by atoms with Crippen molar-refractivity contribution in [1.29, 1.82) is 0 Å². The maximum atomic E-state index is 13.1. The van der Waals surface area contributed by atoms with Crippen LogP contribution in [0.1, 0.15) is 17.3 Å². The smallest absolute Gasteiger partial charge is 0.175 e. The van der Waals surface area contributed by atoms with Crippen LogP contribution in [0.2, 0.25) is 5.02 Å². The molecule has 5 heteroatoms. The molecule has 1 unspecified atom stereocenters. The lowest BCUT2D eigenvalue weighted by atomic mass is 10.1. The lowest BCUT2D eigenvalue weighted by molar-refractivity contribution is 0.0993. The number of rotatable bonds is 4. The molecule has 2 aromatic carbocycles. The molecule has 1 nitrogen and oxygen atoms in total. The lowest BCUT2D eigenvalue weighted by Gasteiger charge is -2.11. The first kappa shape index (κ1) is 15.0. The van der Waals surface area contributed by atoms with Gasteiger partial charge in [0.1, 0.15) is 0 Å². The molecule has 0 N–H and O–H groups in total. The zero-order chi connectivity index (χ0) is 14.7. The van der Waals surface area contributed by atoms with Gasteiger partial charge in [-0.2, -0.15) is 0 Å². The summed E-state index contributed by atoms with van der Waals surface area (Å²) < 4.78 is 26.0. The second-order valence-electron chi connectivity index (χ2n) is 4.18. The zero-order valence-corrected chi connectivity index (χ0v) is 12.1. The third-order valence-electron chi connectivity index (χ3n) is 2.71. The van der Waals surface area contributed by atoms with Gasteiger partial charge in [-0.1, -0.05) is 23.7 Å². The van der Waals surface area contributed by atoms with Crippen LogP contribution in [0.15, 0.2) is 47.4 Å². The zero-order valence-electron chi connectivity index (χ0n) is 10.6. The number of hydrogen-bond acceptors (Lipinski definition) is 2. The molecule has 0 saturated carbocycles. The van der Waals surface area contributed by atoms with Gasteiger partial charge in [-0.3, -0.25) is 4.79 Å². The van der Waals surface area contributed by atoms with Crippen LogP contribution in [0.25, 0.3) is 0 Å². The third kappa shape index (κ3) is 3.38. The summed E-state index contributed by atoms with van der Waals surface area (Å²) in [5.74, 6) is -2.26. The van der Waals surface area contributed by atoms with Gasteiger partial charge in [0.05, 0.1) is 10.3 Å². The summed E-state index contributed by atoms with van der Waals surface area (Å²) in [5.41, 5.74) is 0.149. The maximum absolute atomic E-state index is 13.1. The van der Waals surface area contributed by atoms with E-state index in [0.717, 1.165) is 17.0 Å². The highest BCUT2D eigenvalue weighted by Gasteiger charge is 2.18. The van der Waals surface area contributed by atoms with E-state index < -0.39 is 16.9 Å². The number of Topliss-reactive ketones (excluding diaryl/α,β-unsaturated/α-hetero) is 1. The molecule has 0 spiro atoms. The van der Waals surface area contributed by atoms with Gasteiger partial charge >= 0.3 is 0 Å². The van der Waals surface area contributed by atoms with E-state index in [1.54, 1.807) is 19.1 Å². The molecule has 0 aromatic heterocycles. The second-order valence-corrected chi connectivity index (χ2v) is 5.97. The Morgan fingerprint density at radius 3 is 2.50 bits per heavy atom. The highest BCUT2D eigenvalue weighted by Crippen LogP contribution is 2.31. The number of carbonyl (C=O) groups is 1. The van der Waals surface area contributed by atoms with E-state index in [1.807, 2.05) is 12.1 Å². The van der Waals surface area contributed by atoms with E-state index in [-0.39, 0.29) is 11.3 Å². The van der Waals surface area contributed by atoms with Gasteiger partial charge in [0.2, 0.25) is 0 Å². The standard InChI is InChI=1S/C15H11ClF2OS/c1-9(20-14-5-3-2-4-11(14)16)15(19)10-6-7-12(17)13(18)8-10/h2-9H,1H3. The number of halogens is 3. The van der Waals surface area contributed by atoms with Crippen LogP contribution in [0.4, 0.5) is 8.78 Å². The summed E-state index contributed by atoms with van der Waals surface area (Å²) in [6.45, 7) is 1.71. The predicted octanol–water partition coefficient (Wildman–Crippen LogP) is 4.98. The van der Waals surface area contributed by atoms with Crippen molar-refractivity contribution in [1.82, 2.24) is 0 Å². The van der Waals surface area contributed by atoms with Gasteiger partial charge in [-0.05, 0) is 37.3 Å². The Morgan fingerprint density at radius 2 is 1.85 bits per heavy atom. The molecule has 0 fully saturated rings. The molecule has 0 heterocycles. The van der Waals surface area contributed by atoms with Gasteiger partial charge in [-0.15, -0.1) is 11.8 Å². The van der Waals surface area contributed by atoms with Crippen LogP contribution in [0.5, 0.6) is 0 Å². The van der Waals surface area contributed by atoms with Crippen LogP contribution in [0.3, 0.4) is 0 Å². The molecule has 0 aliphatic rings. The van der Waals surface area contributed by atoms with Crippen LogP contribution in [0, 0.1) is 11.6 Å². The lowest BCUT2D eigenvalue weighted by Crippen LogP contribution is -2.14. The molecule has 0 aliphatic heterocycles. The number of benzene rings is 2. The molecule has 0 radical (unpaired) electrons. The minimum atomic E-state index is -1.02. The van der Waals surface area contributed by atoms with Crippen molar-refractivity contribution in [2.24, 2.45) is 0 Å². The summed E-state index contributed by atoms with van der Waals surface area (Å²) in [7, 11) is 0. The van der Waals surface area contributed by atoms with Crippen molar-refractivity contribution in [3.8, 4) is 0 Å². The largest absolute Gasteiger partial charge is 0.293 e. The predicted molar refractivity (Wildman–Crippen MR) is 77.5 cm³/mol. The van der Waals surface area contributed by atoms with Crippen LogP contribution in [-0.2, 0) is 0 Å². The highest BCUT2D eigenvalue weighted by molar-refractivity contribution is 8.00. The summed E-state index contributed by atoms with van der Waals surface area (Å²) in [4.78, 5) is 12.9. The van der Waals surface area contributed by atoms with E-state index in [9.17, 15) is 13.6 Å². The molecule has 0 aliphatic carbocycles. The molecule has 20 heavy (non-hydrogen) atoms. The fraction of sp³-hybridized carbons (Fsp3) is 0.133. The first-order chi connectivity index (χ1) is 9.49. The summed E-state index contributed by atoms with van der Waals surface area (Å²) >= 11 is 7.31. The van der Waals surface area contributed by atoms with E-state index in [4.69, 9.17) is 11.6 Å². The normalized spacial score (nSPS) is 12.2. The van der Waals surface area contributed by atoms with Crippen molar-refractivity contribution in [2.45, 2.75) is 17.1 Å². The number of thioether (sulfide) groups is 1. The fourth-order valence-electron chi connectivity index (χ4n) is 1.67. The Morgan fingerprint density at radius 1 is 1.15 bits per heavy atom. The van der Waals surface area contributed by atoms with Crippen LogP contribution in [-0.4, -0.2) is 11.0 Å². The molecular weight excluding hydrogens is 302 g/mol. The highest BCUT2D eigenvalue weighted by atomic mass is 35.5. The first-order valence-electron chi connectivity index (χ1n) is 5.89. The van der Waals surface area contributed by atoms with Gasteiger partial charge in [0, 0.05) is 10.5 Å². The minimum absolute atomic E-state index is 0.149. The Kier molecular flexibility index (Phi) is 4.78. The van der Waals surface area contributed by atoms with Gasteiger partial charge < -0.3 is 0 Å². The van der Waals surface area contributed by atoms with Crippen molar-refractivity contribution < 1.29 is 13.6 Å². The molecule has 1 atom stereocenters. The van der Waals surface area contributed by atoms with Gasteiger partial charge in [0.25, 0.3) is 0 Å². The van der Waals surface area contributed by atoms with Crippen LogP contribution >= 0.6 is 23.4 Å². The van der Waals surface area contributed by atoms with Gasteiger partial charge in [0.15, 0.2) is 17.4 Å². The molecule has 2 rings (SSSR count). The maximum Gasteiger partial charge on any atom is 0.175 e. The summed E-state index contributed by atoms with van der Waals surface area (Å²) in [6, 6.07) is 10.3. The summed E-state index contributed by atoms with van der Waals surface area (Å²) in [6.07, 6.45) is 0. The topological polar surface area (TPSA) is 17.1 Å². The van der Waals surface area contributed by atoms with Crippen molar-refractivity contribution in [2.75, 3.05) is 0 Å². The SMILES string of the molecule is CC(Sc1ccccc1Cl)C(=O)c1ccc(F)c(F)c1. The minimum Gasteiger partial charge on any atom is -0.293 e. The van der Waals surface area contributed by atoms with Crippen molar-refractivity contribution in [3.63, 3.8) is 0 Å². The second kappa shape index (κ2) is 6.37. The number of hydrogen-bond donors (Lipinski definition) is 0. The average molecular weight is 313 g/mol. The van der Waals surface area contributed by atoms with E-state index in [0.29, 0.717) is 5.02 Å². The van der Waals surface area contributed by atoms with E-state index in [2.05, 4.69) is 0 Å². The average Bonchev–Trinajstić information content (AvgIpc) is 2.43. The monoisotopic (exact) mass is 312 g/mol. The van der Waals surface area contributed by atoms with E-state index in [1.165, 1.54) is 17.8 Å². The van der Waals surface area contributed by atoms with Gasteiger partial charge in [-0.25, -0.2) is 8.78 Å². The molecule has 2 aromatic rings. The summed E-state index contributed by atoms with van der Waals surface area (Å²) in [5, 5.41) is 0.113. The van der Waals surface area contributed by atoms with Crippen molar-refractivity contribution in [3.05, 3.63) is 64.7 Å². The quantitative estimate of drug-likeness (QED) is 0.585. The first-order valence-corrected chi connectivity index (χ1v) is 7.15. The van der Waals surface area contributed by atoms with Crippen LogP contribution < -0.4 is 0 Å². The Labute approximate surface area is 125 Å². The fourth-order valence-corrected chi connectivity index (χ4v) is 2.90. The Bertz CT molecular complexity index is 646. The Balaban J connectivity index is 2.16. The Hall–Kier alpha value is -1.39. The number of ketones is 1.